The third-order valence-electron chi connectivity index (χ3n) is 4.54. The predicted molar refractivity (Wildman–Crippen MR) is 83.2 cm³/mol. The molecule has 0 radical (unpaired) electrons. The minimum atomic E-state index is 0.697. The molecule has 0 saturated heterocycles. The molecule has 1 fully saturated rings. The first-order chi connectivity index (χ1) is 9.76. The van der Waals surface area contributed by atoms with Gasteiger partial charge in [0, 0.05) is 23.6 Å². The molecule has 1 aliphatic carbocycles. The van der Waals surface area contributed by atoms with Crippen LogP contribution in [-0.2, 0) is 0 Å². The van der Waals surface area contributed by atoms with E-state index in [-0.39, 0.29) is 0 Å². The summed E-state index contributed by atoms with van der Waals surface area (Å²) in [4.78, 5) is 9.33. The van der Waals surface area contributed by atoms with E-state index in [0.717, 1.165) is 24.5 Å². The van der Waals surface area contributed by atoms with Crippen molar-refractivity contribution in [1.82, 2.24) is 9.88 Å². The van der Waals surface area contributed by atoms with Crippen molar-refractivity contribution in [2.45, 2.75) is 26.2 Å². The summed E-state index contributed by atoms with van der Waals surface area (Å²) in [6.45, 7) is 15.0. The summed E-state index contributed by atoms with van der Waals surface area (Å²) >= 11 is 0. The molecule has 1 N–H and O–H groups in total. The second kappa shape index (κ2) is 5.30. The van der Waals surface area contributed by atoms with Crippen LogP contribution in [0.5, 0.6) is 0 Å². The van der Waals surface area contributed by atoms with Crippen molar-refractivity contribution in [1.29, 1.82) is 0 Å². The Balaban J connectivity index is 1.78. The quantitative estimate of drug-likeness (QED) is 0.808. The third-order valence-corrected chi connectivity index (χ3v) is 4.54. The van der Waals surface area contributed by atoms with E-state index >= 15 is 0 Å². The van der Waals surface area contributed by atoms with E-state index in [2.05, 4.69) is 40.8 Å². The number of rotatable bonds is 5. The van der Waals surface area contributed by atoms with Crippen LogP contribution in [0.4, 0.5) is 5.69 Å². The maximum atomic E-state index is 7.08. The molecular weight excluding hydrogens is 246 g/mol. The Bertz CT molecular complexity index is 646. The van der Waals surface area contributed by atoms with Gasteiger partial charge < -0.3 is 9.88 Å². The molecule has 104 valence electrons. The topological polar surface area (TPSA) is 23.4 Å². The molecule has 1 aromatic carbocycles. The first kappa shape index (κ1) is 13.2. The van der Waals surface area contributed by atoms with E-state index < -0.39 is 0 Å². The van der Waals surface area contributed by atoms with Crippen molar-refractivity contribution >= 4 is 16.6 Å². The van der Waals surface area contributed by atoms with Crippen LogP contribution >= 0.6 is 0 Å². The summed E-state index contributed by atoms with van der Waals surface area (Å²) in [6, 6.07) is 5.98. The zero-order valence-corrected chi connectivity index (χ0v) is 12.2. The molecule has 3 rings (SSSR count). The van der Waals surface area contributed by atoms with Gasteiger partial charge in [0.1, 0.15) is 0 Å². The zero-order chi connectivity index (χ0) is 14.1. The highest BCUT2D eigenvalue weighted by Crippen LogP contribution is 2.50. The molecule has 20 heavy (non-hydrogen) atoms. The van der Waals surface area contributed by atoms with E-state index in [0.29, 0.717) is 11.6 Å². The number of fused-ring (bicyclic) bond motifs is 1. The minimum absolute atomic E-state index is 0.697. The highest BCUT2D eigenvalue weighted by molar-refractivity contribution is 5.87. The molecule has 1 aliphatic rings. The fraction of sp³-hybridized carbons (Fsp3) is 0.471. The maximum absolute atomic E-state index is 7.08. The molecular formula is C17H21N3. The Morgan fingerprint density at radius 2 is 2.15 bits per heavy atom. The fourth-order valence-electron chi connectivity index (χ4n) is 3.16. The van der Waals surface area contributed by atoms with Gasteiger partial charge in [-0.05, 0) is 43.0 Å². The number of aromatic amines is 1. The van der Waals surface area contributed by atoms with Crippen LogP contribution in [0.2, 0.25) is 0 Å². The molecule has 2 unspecified atom stereocenters. The van der Waals surface area contributed by atoms with Gasteiger partial charge in [-0.25, -0.2) is 4.85 Å². The molecule has 3 nitrogen and oxygen atoms in total. The molecule has 1 aromatic heterocycles. The predicted octanol–water partition coefficient (Wildman–Crippen LogP) is 4.16. The van der Waals surface area contributed by atoms with Crippen LogP contribution in [0.1, 0.15) is 31.7 Å². The zero-order valence-electron chi connectivity index (χ0n) is 12.2. The number of aromatic nitrogens is 1. The van der Waals surface area contributed by atoms with Gasteiger partial charge >= 0.3 is 0 Å². The average Bonchev–Trinajstić information content (AvgIpc) is 3.12. The highest BCUT2D eigenvalue weighted by atomic mass is 15.1. The van der Waals surface area contributed by atoms with Crippen LogP contribution < -0.4 is 0 Å². The maximum Gasteiger partial charge on any atom is 0.189 e. The molecule has 0 amide bonds. The Morgan fingerprint density at radius 3 is 2.85 bits per heavy atom. The Hall–Kier alpha value is -1.79. The van der Waals surface area contributed by atoms with E-state index in [4.69, 9.17) is 6.57 Å². The van der Waals surface area contributed by atoms with Crippen LogP contribution in [-0.4, -0.2) is 29.5 Å². The van der Waals surface area contributed by atoms with E-state index in [1.807, 2.05) is 12.1 Å². The number of hydrogen-bond donors (Lipinski definition) is 1. The van der Waals surface area contributed by atoms with Gasteiger partial charge in [0.2, 0.25) is 0 Å². The number of H-pyrrole nitrogens is 1. The van der Waals surface area contributed by atoms with E-state index in [9.17, 15) is 0 Å². The summed E-state index contributed by atoms with van der Waals surface area (Å²) in [5, 5.41) is 1.30. The second-order valence-corrected chi connectivity index (χ2v) is 5.67. The molecule has 0 spiro atoms. The van der Waals surface area contributed by atoms with Crippen molar-refractivity contribution in [2.75, 3.05) is 19.6 Å². The van der Waals surface area contributed by atoms with E-state index in [1.54, 1.807) is 0 Å². The van der Waals surface area contributed by atoms with E-state index in [1.165, 1.54) is 23.9 Å². The normalized spacial score (nSPS) is 21.3. The average molecular weight is 267 g/mol. The Kier molecular flexibility index (Phi) is 3.50. The number of nitrogens with one attached hydrogen (secondary N) is 1. The van der Waals surface area contributed by atoms with Crippen LogP contribution in [0.25, 0.3) is 15.7 Å². The van der Waals surface area contributed by atoms with Gasteiger partial charge in [-0.1, -0.05) is 26.0 Å². The molecule has 2 aromatic rings. The summed E-state index contributed by atoms with van der Waals surface area (Å²) in [6.07, 6.45) is 3.44. The van der Waals surface area contributed by atoms with Crippen LogP contribution in [0, 0.1) is 12.5 Å². The molecule has 0 aliphatic heterocycles. The third kappa shape index (κ3) is 2.32. The van der Waals surface area contributed by atoms with Crippen LogP contribution in [0.3, 0.4) is 0 Å². The van der Waals surface area contributed by atoms with Crippen molar-refractivity contribution < 1.29 is 0 Å². The van der Waals surface area contributed by atoms with Gasteiger partial charge in [0.25, 0.3) is 0 Å². The number of benzene rings is 1. The lowest BCUT2D eigenvalue weighted by atomic mass is 10.1. The molecule has 0 bridgehead atoms. The summed E-state index contributed by atoms with van der Waals surface area (Å²) in [7, 11) is 0. The van der Waals surface area contributed by atoms with Gasteiger partial charge in [0.15, 0.2) is 5.69 Å². The number of nitrogens with zero attached hydrogens (tertiary/aromatic N) is 2. The van der Waals surface area contributed by atoms with Crippen molar-refractivity contribution in [3.8, 4) is 0 Å². The minimum Gasteiger partial charge on any atom is -0.362 e. The first-order valence-corrected chi connectivity index (χ1v) is 7.47. The Labute approximate surface area is 120 Å². The van der Waals surface area contributed by atoms with Crippen LogP contribution in [0.15, 0.2) is 24.4 Å². The molecule has 1 saturated carbocycles. The number of hydrogen-bond acceptors (Lipinski definition) is 1. The summed E-state index contributed by atoms with van der Waals surface area (Å²) < 4.78 is 0. The summed E-state index contributed by atoms with van der Waals surface area (Å²) in [5.74, 6) is 1.50. The lowest BCUT2D eigenvalue weighted by molar-refractivity contribution is 0.289. The summed E-state index contributed by atoms with van der Waals surface area (Å²) in [5.41, 5.74) is 3.25. The monoisotopic (exact) mass is 267 g/mol. The lowest BCUT2D eigenvalue weighted by Crippen LogP contribution is -2.25. The van der Waals surface area contributed by atoms with Gasteiger partial charge in [-0.15, -0.1) is 0 Å². The first-order valence-electron chi connectivity index (χ1n) is 7.47. The van der Waals surface area contributed by atoms with Crippen molar-refractivity contribution in [3.63, 3.8) is 0 Å². The molecule has 3 heteroatoms. The highest BCUT2D eigenvalue weighted by Gasteiger charge is 2.40. The Morgan fingerprint density at radius 1 is 1.35 bits per heavy atom. The van der Waals surface area contributed by atoms with Gasteiger partial charge in [-0.2, -0.15) is 0 Å². The molecule has 1 heterocycles. The lowest BCUT2D eigenvalue weighted by Gasteiger charge is -2.17. The van der Waals surface area contributed by atoms with Crippen molar-refractivity contribution in [3.05, 3.63) is 41.4 Å². The fourth-order valence-corrected chi connectivity index (χ4v) is 3.16. The van der Waals surface area contributed by atoms with Crippen molar-refractivity contribution in [2.24, 2.45) is 5.92 Å². The smallest absolute Gasteiger partial charge is 0.189 e. The SMILES string of the molecule is [C-]#[N+]c1ccc2c(C3CC3CN(CC)CC)c[nH]c2c1. The standard InChI is InChI=1S/C17H21N3/c1-4-20(5-2)11-12-8-15(12)16-10-19-17-9-13(18-3)6-7-14(16)17/h6-7,9-10,12,15,19H,4-5,8,11H2,1-2H3. The second-order valence-electron chi connectivity index (χ2n) is 5.67. The van der Waals surface area contributed by atoms with Gasteiger partial charge in [-0.3, -0.25) is 0 Å². The largest absolute Gasteiger partial charge is 0.362 e. The van der Waals surface area contributed by atoms with Gasteiger partial charge in [0.05, 0.1) is 6.57 Å². The molecule has 2 atom stereocenters.